The van der Waals surface area contributed by atoms with Crippen LogP contribution >= 0.6 is 0 Å². The SMILES string of the molecule is CCN(CC(=O)NC(C)C)Cc1cc(C)no1. The minimum absolute atomic E-state index is 0.0399. The fourth-order valence-corrected chi connectivity index (χ4v) is 1.56. The van der Waals surface area contributed by atoms with Crippen molar-refractivity contribution in [2.45, 2.75) is 40.3 Å². The second kappa shape index (κ2) is 6.39. The maximum absolute atomic E-state index is 11.6. The lowest BCUT2D eigenvalue weighted by Gasteiger charge is -2.19. The highest BCUT2D eigenvalue weighted by Gasteiger charge is 2.12. The lowest BCUT2D eigenvalue weighted by Crippen LogP contribution is -2.39. The molecule has 0 aliphatic rings. The summed E-state index contributed by atoms with van der Waals surface area (Å²) in [6.07, 6.45) is 0. The molecule has 5 nitrogen and oxygen atoms in total. The number of aryl methyl sites for hydroxylation is 1. The van der Waals surface area contributed by atoms with E-state index < -0.39 is 0 Å². The van der Waals surface area contributed by atoms with Gasteiger partial charge in [0.05, 0.1) is 18.8 Å². The summed E-state index contributed by atoms with van der Waals surface area (Å²) in [6.45, 7) is 9.60. The van der Waals surface area contributed by atoms with Crippen molar-refractivity contribution < 1.29 is 9.32 Å². The summed E-state index contributed by atoms with van der Waals surface area (Å²) in [5.74, 6) is 0.833. The topological polar surface area (TPSA) is 58.4 Å². The van der Waals surface area contributed by atoms with Gasteiger partial charge < -0.3 is 9.84 Å². The van der Waals surface area contributed by atoms with Crippen LogP contribution in [0.2, 0.25) is 0 Å². The van der Waals surface area contributed by atoms with E-state index in [0.29, 0.717) is 13.1 Å². The van der Waals surface area contributed by atoms with E-state index in [1.54, 1.807) is 0 Å². The van der Waals surface area contributed by atoms with Crippen molar-refractivity contribution in [2.75, 3.05) is 13.1 Å². The van der Waals surface area contributed by atoms with Gasteiger partial charge in [-0.2, -0.15) is 0 Å². The third kappa shape index (κ3) is 4.99. The van der Waals surface area contributed by atoms with Gasteiger partial charge in [0, 0.05) is 12.1 Å². The van der Waals surface area contributed by atoms with Crippen LogP contribution in [0.1, 0.15) is 32.2 Å². The van der Waals surface area contributed by atoms with Gasteiger partial charge in [-0.1, -0.05) is 12.1 Å². The zero-order valence-electron chi connectivity index (χ0n) is 11.0. The number of carbonyl (C=O) groups is 1. The van der Waals surface area contributed by atoms with Crippen molar-refractivity contribution in [3.05, 3.63) is 17.5 Å². The molecule has 17 heavy (non-hydrogen) atoms. The average molecular weight is 239 g/mol. The monoisotopic (exact) mass is 239 g/mol. The van der Waals surface area contributed by atoms with E-state index in [4.69, 9.17) is 4.52 Å². The summed E-state index contributed by atoms with van der Waals surface area (Å²) in [5.41, 5.74) is 0.864. The van der Waals surface area contributed by atoms with E-state index in [1.165, 1.54) is 0 Å². The van der Waals surface area contributed by atoms with Gasteiger partial charge in [0.15, 0.2) is 5.76 Å². The zero-order valence-corrected chi connectivity index (χ0v) is 11.0. The smallest absolute Gasteiger partial charge is 0.234 e. The first-order chi connectivity index (χ1) is 8.01. The number of aromatic nitrogens is 1. The molecule has 0 unspecified atom stereocenters. The van der Waals surface area contributed by atoms with Gasteiger partial charge in [0.1, 0.15) is 0 Å². The highest BCUT2D eigenvalue weighted by molar-refractivity contribution is 5.78. The number of carbonyl (C=O) groups excluding carboxylic acids is 1. The van der Waals surface area contributed by atoms with Gasteiger partial charge >= 0.3 is 0 Å². The summed E-state index contributed by atoms with van der Waals surface area (Å²) in [4.78, 5) is 13.6. The maximum atomic E-state index is 11.6. The van der Waals surface area contributed by atoms with Crippen LogP contribution in [0.5, 0.6) is 0 Å². The molecule has 0 spiro atoms. The van der Waals surface area contributed by atoms with Crippen LogP contribution in [-0.4, -0.2) is 35.1 Å². The largest absolute Gasteiger partial charge is 0.360 e. The molecule has 1 heterocycles. The fraction of sp³-hybridized carbons (Fsp3) is 0.667. The molecule has 0 aliphatic carbocycles. The molecule has 96 valence electrons. The van der Waals surface area contributed by atoms with Gasteiger partial charge in [0.25, 0.3) is 0 Å². The molecular weight excluding hydrogens is 218 g/mol. The number of nitrogens with zero attached hydrogens (tertiary/aromatic N) is 2. The maximum Gasteiger partial charge on any atom is 0.234 e. The van der Waals surface area contributed by atoms with Crippen LogP contribution in [0.25, 0.3) is 0 Å². The Hall–Kier alpha value is -1.36. The Balaban J connectivity index is 2.46. The Morgan fingerprint density at radius 1 is 1.59 bits per heavy atom. The van der Waals surface area contributed by atoms with E-state index in [2.05, 4.69) is 10.5 Å². The van der Waals surface area contributed by atoms with Crippen LogP contribution in [-0.2, 0) is 11.3 Å². The molecular formula is C12H21N3O2. The predicted molar refractivity (Wildman–Crippen MR) is 65.5 cm³/mol. The zero-order chi connectivity index (χ0) is 12.8. The molecule has 0 aromatic carbocycles. The molecule has 0 atom stereocenters. The van der Waals surface area contributed by atoms with Gasteiger partial charge in [0.2, 0.25) is 5.91 Å². The molecule has 5 heteroatoms. The van der Waals surface area contributed by atoms with Gasteiger partial charge in [-0.25, -0.2) is 0 Å². The minimum atomic E-state index is 0.0399. The van der Waals surface area contributed by atoms with Gasteiger partial charge in [-0.3, -0.25) is 9.69 Å². The molecule has 1 amide bonds. The average Bonchev–Trinajstić information content (AvgIpc) is 2.61. The Morgan fingerprint density at radius 3 is 2.76 bits per heavy atom. The Kier molecular flexibility index (Phi) is 5.15. The van der Waals surface area contributed by atoms with E-state index in [0.717, 1.165) is 18.0 Å². The van der Waals surface area contributed by atoms with Gasteiger partial charge in [-0.15, -0.1) is 0 Å². The molecule has 0 saturated carbocycles. The Labute approximate surface area is 102 Å². The molecule has 1 rings (SSSR count). The standard InChI is InChI=1S/C12H21N3O2/c1-5-15(8-12(16)13-9(2)3)7-11-6-10(4)14-17-11/h6,9H,5,7-8H2,1-4H3,(H,13,16). The Bertz CT molecular complexity index is 360. The van der Waals surface area contributed by atoms with Gasteiger partial charge in [-0.05, 0) is 27.3 Å². The number of rotatable bonds is 6. The highest BCUT2D eigenvalue weighted by Crippen LogP contribution is 2.06. The van der Waals surface area contributed by atoms with Crippen molar-refractivity contribution in [1.29, 1.82) is 0 Å². The summed E-state index contributed by atoms with van der Waals surface area (Å²) < 4.78 is 5.14. The fourth-order valence-electron chi connectivity index (χ4n) is 1.56. The third-order valence-corrected chi connectivity index (χ3v) is 2.32. The molecule has 0 saturated heterocycles. The lowest BCUT2D eigenvalue weighted by molar-refractivity contribution is -0.122. The van der Waals surface area contributed by atoms with Crippen LogP contribution in [0.4, 0.5) is 0 Å². The third-order valence-electron chi connectivity index (χ3n) is 2.32. The van der Waals surface area contributed by atoms with E-state index in [1.807, 2.05) is 38.7 Å². The number of likely N-dealkylation sites (N-methyl/N-ethyl adjacent to an activating group) is 1. The summed E-state index contributed by atoms with van der Waals surface area (Å²) >= 11 is 0. The first kappa shape index (κ1) is 13.7. The summed E-state index contributed by atoms with van der Waals surface area (Å²) in [5, 5.41) is 6.70. The second-order valence-electron chi connectivity index (χ2n) is 4.46. The van der Waals surface area contributed by atoms with Crippen molar-refractivity contribution >= 4 is 5.91 Å². The molecule has 0 bridgehead atoms. The lowest BCUT2D eigenvalue weighted by atomic mass is 10.3. The van der Waals surface area contributed by atoms with Crippen molar-refractivity contribution in [2.24, 2.45) is 0 Å². The first-order valence-corrected chi connectivity index (χ1v) is 5.95. The molecule has 0 aliphatic heterocycles. The Morgan fingerprint density at radius 2 is 2.29 bits per heavy atom. The van der Waals surface area contributed by atoms with Crippen LogP contribution < -0.4 is 5.32 Å². The van der Waals surface area contributed by atoms with Crippen LogP contribution in [0, 0.1) is 6.92 Å². The highest BCUT2D eigenvalue weighted by atomic mass is 16.5. The molecule has 0 radical (unpaired) electrons. The van der Waals surface area contributed by atoms with E-state index >= 15 is 0 Å². The molecule has 1 N–H and O–H groups in total. The van der Waals surface area contributed by atoms with E-state index in [-0.39, 0.29) is 11.9 Å². The summed E-state index contributed by atoms with van der Waals surface area (Å²) in [6, 6.07) is 2.07. The first-order valence-electron chi connectivity index (χ1n) is 5.95. The normalized spacial score (nSPS) is 11.2. The predicted octanol–water partition coefficient (Wildman–Crippen LogP) is 1.33. The number of hydrogen-bond donors (Lipinski definition) is 1. The van der Waals surface area contributed by atoms with Crippen molar-refractivity contribution in [3.63, 3.8) is 0 Å². The minimum Gasteiger partial charge on any atom is -0.360 e. The number of hydrogen-bond acceptors (Lipinski definition) is 4. The molecule has 1 aromatic heterocycles. The second-order valence-corrected chi connectivity index (χ2v) is 4.46. The van der Waals surface area contributed by atoms with Crippen LogP contribution in [0.3, 0.4) is 0 Å². The number of nitrogens with one attached hydrogen (secondary N) is 1. The quantitative estimate of drug-likeness (QED) is 0.813. The molecule has 1 aromatic rings. The number of amides is 1. The van der Waals surface area contributed by atoms with E-state index in [9.17, 15) is 4.79 Å². The van der Waals surface area contributed by atoms with Crippen molar-refractivity contribution in [1.82, 2.24) is 15.4 Å². The van der Waals surface area contributed by atoms with Crippen LogP contribution in [0.15, 0.2) is 10.6 Å². The van der Waals surface area contributed by atoms with Crippen molar-refractivity contribution in [3.8, 4) is 0 Å². The summed E-state index contributed by atoms with van der Waals surface area (Å²) in [7, 11) is 0. The molecule has 0 fully saturated rings.